The fraction of sp³-hybridized carbons (Fsp3) is 0.375. The maximum absolute atomic E-state index is 13.8. The van der Waals surface area contributed by atoms with Gasteiger partial charge in [0.1, 0.15) is 18.1 Å². The molecule has 0 saturated carbocycles. The molecule has 3 heterocycles. The molecule has 0 spiro atoms. The Morgan fingerprint density at radius 2 is 1.47 bits per heavy atom. The highest BCUT2D eigenvalue weighted by atomic mass is 16.4. The third-order valence-electron chi connectivity index (χ3n) is 8.29. The lowest BCUT2D eigenvalue weighted by molar-refractivity contribution is -0.143. The number of aromatic nitrogens is 2. The van der Waals surface area contributed by atoms with Crippen molar-refractivity contribution in [3.8, 4) is 0 Å². The fourth-order valence-electron chi connectivity index (χ4n) is 5.77. The van der Waals surface area contributed by atoms with Gasteiger partial charge in [0, 0.05) is 53.6 Å². The van der Waals surface area contributed by atoms with E-state index in [1.165, 1.54) is 4.90 Å². The molecule has 0 radical (unpaired) electrons. The van der Waals surface area contributed by atoms with Crippen LogP contribution in [0.2, 0.25) is 0 Å². The highest BCUT2D eigenvalue weighted by molar-refractivity contribution is 5.95. The molecule has 11 nitrogen and oxygen atoms in total. The summed E-state index contributed by atoms with van der Waals surface area (Å²) in [5.74, 6) is -2.67. The average Bonchev–Trinajstić information content (AvgIpc) is 3.74. The number of carboxylic acid groups (broad SMARTS) is 1. The van der Waals surface area contributed by atoms with Crippen LogP contribution in [0, 0.1) is 5.92 Å². The SMILES string of the molecule is CC(C)C(N)C(=O)N1CCCC1C(=O)NC(Cc1c[nH]c2ccccc12)C(=O)NC(Cc1c[nH]c2ccccc12)C(=O)O. The Morgan fingerprint density at radius 3 is 2.02 bits per heavy atom. The zero-order valence-electron chi connectivity index (χ0n) is 24.3. The van der Waals surface area contributed by atoms with E-state index in [4.69, 9.17) is 5.73 Å². The smallest absolute Gasteiger partial charge is 0.326 e. The number of likely N-dealkylation sites (tertiary alicyclic amines) is 1. The standard InChI is InChI=1S/C32H38N6O5/c1-18(2)28(33)31(41)38-13-7-12-27(38)30(40)36-25(14-19-16-34-23-10-5-3-8-21(19)23)29(39)37-26(32(42)43)15-20-17-35-24-11-6-4-9-22(20)24/h3-6,8-11,16-18,25-28,34-35H,7,12-15,33H2,1-2H3,(H,36,40)(H,37,39)(H,42,43). The summed E-state index contributed by atoms with van der Waals surface area (Å²) in [6, 6.07) is 11.3. The summed E-state index contributed by atoms with van der Waals surface area (Å²) in [5, 5.41) is 17.3. The number of amides is 3. The van der Waals surface area contributed by atoms with Gasteiger partial charge >= 0.3 is 5.97 Å². The molecular formula is C32H38N6O5. The number of hydrogen-bond acceptors (Lipinski definition) is 5. The minimum Gasteiger partial charge on any atom is -0.480 e. The molecule has 1 saturated heterocycles. The Morgan fingerprint density at radius 1 is 0.907 bits per heavy atom. The quantitative estimate of drug-likeness (QED) is 0.157. The minimum atomic E-state index is -1.23. The van der Waals surface area contributed by atoms with Crippen LogP contribution >= 0.6 is 0 Å². The highest BCUT2D eigenvalue weighted by Crippen LogP contribution is 2.23. The van der Waals surface area contributed by atoms with E-state index < -0.39 is 42.0 Å². The van der Waals surface area contributed by atoms with Gasteiger partial charge in [0.25, 0.3) is 0 Å². The van der Waals surface area contributed by atoms with Crippen LogP contribution < -0.4 is 16.4 Å². The Labute approximate surface area is 249 Å². The van der Waals surface area contributed by atoms with Gasteiger partial charge in [-0.2, -0.15) is 0 Å². The van der Waals surface area contributed by atoms with Crippen LogP contribution in [0.5, 0.6) is 0 Å². The molecule has 7 N–H and O–H groups in total. The van der Waals surface area contributed by atoms with E-state index >= 15 is 0 Å². The topological polar surface area (TPSA) is 173 Å². The number of carboxylic acids is 1. The van der Waals surface area contributed by atoms with Crippen LogP contribution in [0.4, 0.5) is 0 Å². The van der Waals surface area contributed by atoms with E-state index in [9.17, 15) is 24.3 Å². The van der Waals surface area contributed by atoms with Gasteiger partial charge in [-0.1, -0.05) is 50.2 Å². The number of carbonyl (C=O) groups excluding carboxylic acids is 3. The number of benzene rings is 2. The lowest BCUT2D eigenvalue weighted by Gasteiger charge is -2.29. The molecule has 3 amide bonds. The zero-order chi connectivity index (χ0) is 30.7. The van der Waals surface area contributed by atoms with Crippen LogP contribution in [-0.4, -0.2) is 74.4 Å². The second-order valence-corrected chi connectivity index (χ2v) is 11.5. The summed E-state index contributed by atoms with van der Waals surface area (Å²) in [7, 11) is 0. The summed E-state index contributed by atoms with van der Waals surface area (Å²) in [5.41, 5.74) is 9.41. The molecule has 226 valence electrons. The number of aliphatic carboxylic acids is 1. The summed E-state index contributed by atoms with van der Waals surface area (Å²) >= 11 is 0. The first-order chi connectivity index (χ1) is 20.6. The second kappa shape index (κ2) is 12.7. The predicted octanol–water partition coefficient (Wildman–Crippen LogP) is 2.46. The molecule has 2 aromatic heterocycles. The molecule has 4 aromatic rings. The number of H-pyrrole nitrogens is 2. The second-order valence-electron chi connectivity index (χ2n) is 11.5. The molecule has 4 atom stereocenters. The van der Waals surface area contributed by atoms with Gasteiger partial charge in [0.15, 0.2) is 0 Å². The summed E-state index contributed by atoms with van der Waals surface area (Å²) < 4.78 is 0. The van der Waals surface area contributed by atoms with Crippen molar-refractivity contribution in [1.82, 2.24) is 25.5 Å². The van der Waals surface area contributed by atoms with Gasteiger partial charge in [-0.25, -0.2) is 4.79 Å². The number of hydrogen-bond donors (Lipinski definition) is 6. The number of carbonyl (C=O) groups is 4. The average molecular weight is 587 g/mol. The van der Waals surface area contributed by atoms with Gasteiger partial charge in [-0.3, -0.25) is 14.4 Å². The van der Waals surface area contributed by atoms with E-state index in [1.807, 2.05) is 62.4 Å². The van der Waals surface area contributed by atoms with Crippen LogP contribution in [0.15, 0.2) is 60.9 Å². The Kier molecular flexibility index (Phi) is 8.81. The van der Waals surface area contributed by atoms with Gasteiger partial charge in [-0.05, 0) is 42.0 Å². The van der Waals surface area contributed by atoms with Crippen molar-refractivity contribution in [2.45, 2.75) is 63.7 Å². The van der Waals surface area contributed by atoms with Crippen LogP contribution in [0.25, 0.3) is 21.8 Å². The Bertz CT molecular complexity index is 1640. The zero-order valence-corrected chi connectivity index (χ0v) is 24.3. The van der Waals surface area contributed by atoms with Crippen LogP contribution in [-0.2, 0) is 32.0 Å². The van der Waals surface area contributed by atoms with Crippen molar-refractivity contribution < 1.29 is 24.3 Å². The number of nitrogens with two attached hydrogens (primary N) is 1. The van der Waals surface area contributed by atoms with E-state index in [1.54, 1.807) is 12.4 Å². The molecular weight excluding hydrogens is 548 g/mol. The van der Waals surface area contributed by atoms with Gasteiger partial charge in [-0.15, -0.1) is 0 Å². The van der Waals surface area contributed by atoms with E-state index in [2.05, 4.69) is 20.6 Å². The number of nitrogens with zero attached hydrogens (tertiary/aromatic N) is 1. The summed E-state index contributed by atoms with van der Waals surface area (Å²) in [6.45, 7) is 4.11. The lowest BCUT2D eigenvalue weighted by atomic mass is 10.0. The maximum Gasteiger partial charge on any atom is 0.326 e. The van der Waals surface area contributed by atoms with E-state index in [-0.39, 0.29) is 24.7 Å². The molecule has 0 bridgehead atoms. The molecule has 0 aliphatic carbocycles. The first-order valence-electron chi connectivity index (χ1n) is 14.6. The van der Waals surface area contributed by atoms with Gasteiger partial charge < -0.3 is 36.3 Å². The van der Waals surface area contributed by atoms with Crippen LogP contribution in [0.1, 0.15) is 37.8 Å². The molecule has 5 rings (SSSR count). The Hall–Kier alpha value is -4.64. The largest absolute Gasteiger partial charge is 0.480 e. The molecule has 4 unspecified atom stereocenters. The Balaban J connectivity index is 1.38. The van der Waals surface area contributed by atoms with Crippen molar-refractivity contribution in [2.24, 2.45) is 11.7 Å². The first kappa shape index (κ1) is 29.8. The molecule has 1 aliphatic rings. The third kappa shape index (κ3) is 6.41. The normalized spacial score (nSPS) is 17.2. The molecule has 11 heteroatoms. The van der Waals surface area contributed by atoms with Crippen molar-refractivity contribution >= 4 is 45.5 Å². The molecule has 1 aliphatic heterocycles. The molecule has 2 aromatic carbocycles. The number of fused-ring (bicyclic) bond motifs is 2. The monoisotopic (exact) mass is 586 g/mol. The van der Waals surface area contributed by atoms with Gasteiger partial charge in [0.2, 0.25) is 17.7 Å². The van der Waals surface area contributed by atoms with Crippen molar-refractivity contribution in [3.05, 3.63) is 72.1 Å². The summed E-state index contributed by atoms with van der Waals surface area (Å²) in [6.07, 6.45) is 4.78. The highest BCUT2D eigenvalue weighted by Gasteiger charge is 2.38. The van der Waals surface area contributed by atoms with E-state index in [0.29, 0.717) is 19.4 Å². The summed E-state index contributed by atoms with van der Waals surface area (Å²) in [4.78, 5) is 60.6. The molecule has 1 fully saturated rings. The van der Waals surface area contributed by atoms with Crippen molar-refractivity contribution in [2.75, 3.05) is 6.54 Å². The van der Waals surface area contributed by atoms with Crippen molar-refractivity contribution in [3.63, 3.8) is 0 Å². The maximum atomic E-state index is 13.8. The van der Waals surface area contributed by atoms with E-state index in [0.717, 1.165) is 32.9 Å². The minimum absolute atomic E-state index is 0.0524. The first-order valence-corrected chi connectivity index (χ1v) is 14.6. The number of para-hydroxylation sites is 2. The third-order valence-corrected chi connectivity index (χ3v) is 8.29. The number of rotatable bonds is 11. The lowest BCUT2D eigenvalue weighted by Crippen LogP contribution is -2.57. The van der Waals surface area contributed by atoms with Crippen LogP contribution in [0.3, 0.4) is 0 Å². The van der Waals surface area contributed by atoms with Crippen molar-refractivity contribution in [1.29, 1.82) is 0 Å². The molecule has 43 heavy (non-hydrogen) atoms. The predicted molar refractivity (Wildman–Crippen MR) is 163 cm³/mol. The number of nitrogens with one attached hydrogen (secondary N) is 4. The van der Waals surface area contributed by atoms with Gasteiger partial charge in [0.05, 0.1) is 6.04 Å². The number of aromatic amines is 2. The fourth-order valence-corrected chi connectivity index (χ4v) is 5.77.